The molecule has 1 aromatic carbocycles. The summed E-state index contributed by atoms with van der Waals surface area (Å²) < 4.78 is 21.0. The van der Waals surface area contributed by atoms with Crippen molar-refractivity contribution in [2.75, 3.05) is 23.3 Å². The molecular weight excluding hydrogens is 481 g/mol. The van der Waals surface area contributed by atoms with E-state index in [-0.39, 0.29) is 36.2 Å². The molecule has 3 aromatic rings. The Morgan fingerprint density at radius 1 is 1.35 bits per heavy atom. The van der Waals surface area contributed by atoms with E-state index in [4.69, 9.17) is 4.74 Å². The molecule has 1 atom stereocenters. The number of nitriles is 1. The van der Waals surface area contributed by atoms with Crippen molar-refractivity contribution in [3.63, 3.8) is 0 Å². The molecule has 0 bridgehead atoms. The average molecular weight is 510 g/mol. The average Bonchev–Trinajstić information content (AvgIpc) is 3.24. The van der Waals surface area contributed by atoms with Crippen molar-refractivity contribution in [3.8, 4) is 6.07 Å². The number of likely N-dealkylation sites (tertiary alicyclic amines) is 1. The molecule has 194 valence electrons. The predicted molar refractivity (Wildman–Crippen MR) is 133 cm³/mol. The Hall–Kier alpha value is -4.40. The highest BCUT2D eigenvalue weighted by molar-refractivity contribution is 5.88. The van der Waals surface area contributed by atoms with Crippen LogP contribution in [0.2, 0.25) is 0 Å². The molecular formula is C25H28FN7O4. The fourth-order valence-corrected chi connectivity index (χ4v) is 4.14. The van der Waals surface area contributed by atoms with Gasteiger partial charge in [0.05, 0.1) is 12.7 Å². The Morgan fingerprint density at radius 2 is 2.14 bits per heavy atom. The minimum absolute atomic E-state index is 0.0385. The smallest absolute Gasteiger partial charge is 0.416 e. The van der Waals surface area contributed by atoms with Gasteiger partial charge in [0.2, 0.25) is 0 Å². The number of ether oxygens (including phenoxy) is 1. The molecule has 11 nitrogen and oxygen atoms in total. The SMILES string of the molecule is CC(C)(C)OC(=O)N(Cc1cccc(F)c1)c1cc(N[C@H]2CCCN(C(=O)O)C2)nc2c(C#N)cnn12. The van der Waals surface area contributed by atoms with Crippen LogP contribution in [-0.2, 0) is 11.3 Å². The molecule has 12 heteroatoms. The second kappa shape index (κ2) is 10.3. The lowest BCUT2D eigenvalue weighted by Crippen LogP contribution is -2.44. The number of carbonyl (C=O) groups is 2. The Labute approximate surface area is 213 Å². The molecule has 37 heavy (non-hydrogen) atoms. The summed E-state index contributed by atoms with van der Waals surface area (Å²) in [6.45, 7) is 5.88. The second-order valence-electron chi connectivity index (χ2n) is 9.81. The van der Waals surface area contributed by atoms with Crippen molar-refractivity contribution in [2.24, 2.45) is 0 Å². The number of halogens is 1. The van der Waals surface area contributed by atoms with E-state index >= 15 is 0 Å². The van der Waals surface area contributed by atoms with Gasteiger partial charge in [0.1, 0.15) is 34.7 Å². The van der Waals surface area contributed by atoms with Crippen LogP contribution in [0.25, 0.3) is 5.65 Å². The number of nitrogens with one attached hydrogen (secondary N) is 1. The van der Waals surface area contributed by atoms with E-state index in [2.05, 4.69) is 15.4 Å². The van der Waals surface area contributed by atoms with Crippen LogP contribution in [0.5, 0.6) is 0 Å². The summed E-state index contributed by atoms with van der Waals surface area (Å²) in [7, 11) is 0. The molecule has 2 N–H and O–H groups in total. The van der Waals surface area contributed by atoms with Crippen molar-refractivity contribution in [1.29, 1.82) is 5.26 Å². The summed E-state index contributed by atoms with van der Waals surface area (Å²) in [5, 5.41) is 26.5. The number of rotatable bonds is 5. The number of fused-ring (bicyclic) bond motifs is 1. The van der Waals surface area contributed by atoms with Crippen LogP contribution in [0.1, 0.15) is 44.7 Å². The van der Waals surface area contributed by atoms with E-state index in [0.717, 1.165) is 6.42 Å². The van der Waals surface area contributed by atoms with Gasteiger partial charge < -0.3 is 20.1 Å². The van der Waals surface area contributed by atoms with E-state index in [0.29, 0.717) is 24.3 Å². The second-order valence-corrected chi connectivity index (χ2v) is 9.81. The lowest BCUT2D eigenvalue weighted by atomic mass is 10.1. The molecule has 0 radical (unpaired) electrons. The maximum atomic E-state index is 14.0. The first-order chi connectivity index (χ1) is 17.5. The molecule has 2 aromatic heterocycles. The summed E-state index contributed by atoms with van der Waals surface area (Å²) in [4.78, 5) is 32.0. The van der Waals surface area contributed by atoms with Gasteiger partial charge in [0.25, 0.3) is 0 Å². The zero-order valence-corrected chi connectivity index (χ0v) is 20.8. The molecule has 4 rings (SSSR count). The van der Waals surface area contributed by atoms with Gasteiger partial charge in [-0.15, -0.1) is 0 Å². The maximum Gasteiger partial charge on any atom is 0.416 e. The van der Waals surface area contributed by atoms with E-state index in [9.17, 15) is 24.3 Å². The summed E-state index contributed by atoms with van der Waals surface area (Å²) in [5.74, 6) is 0.137. The third kappa shape index (κ3) is 6.06. The fourth-order valence-electron chi connectivity index (χ4n) is 4.14. The van der Waals surface area contributed by atoms with E-state index < -0.39 is 23.6 Å². The number of anilines is 2. The van der Waals surface area contributed by atoms with Crippen LogP contribution in [0, 0.1) is 17.1 Å². The van der Waals surface area contributed by atoms with E-state index in [1.807, 2.05) is 6.07 Å². The third-order valence-corrected chi connectivity index (χ3v) is 5.74. The van der Waals surface area contributed by atoms with Crippen LogP contribution in [0.3, 0.4) is 0 Å². The molecule has 3 heterocycles. The molecule has 0 aliphatic carbocycles. The number of carbonyl (C=O) groups excluding carboxylic acids is 1. The highest BCUT2D eigenvalue weighted by Crippen LogP contribution is 2.27. The summed E-state index contributed by atoms with van der Waals surface area (Å²) in [6, 6.07) is 9.28. The number of amides is 2. The highest BCUT2D eigenvalue weighted by Gasteiger charge is 2.29. The number of nitrogens with zero attached hydrogens (tertiary/aromatic N) is 6. The zero-order chi connectivity index (χ0) is 26.7. The van der Waals surface area contributed by atoms with Gasteiger partial charge in [-0.3, -0.25) is 4.90 Å². The largest absolute Gasteiger partial charge is 0.465 e. The van der Waals surface area contributed by atoms with Crippen LogP contribution in [0.15, 0.2) is 36.5 Å². The molecule has 1 saturated heterocycles. The van der Waals surface area contributed by atoms with Crippen molar-refractivity contribution >= 4 is 29.5 Å². The fraction of sp³-hybridized carbons (Fsp3) is 0.400. The first-order valence-corrected chi connectivity index (χ1v) is 11.8. The molecule has 0 spiro atoms. The van der Waals surface area contributed by atoms with E-state index in [1.54, 1.807) is 39.0 Å². The number of hydrogen-bond acceptors (Lipinski definition) is 7. The Bertz CT molecular complexity index is 1360. The van der Waals surface area contributed by atoms with Crippen LogP contribution in [0.4, 0.5) is 25.6 Å². The summed E-state index contributed by atoms with van der Waals surface area (Å²) in [6.07, 6.45) is 1.05. The van der Waals surface area contributed by atoms with Crippen molar-refractivity contribution in [3.05, 3.63) is 53.5 Å². The molecule has 2 amide bonds. The van der Waals surface area contributed by atoms with Crippen molar-refractivity contribution < 1.29 is 23.8 Å². The number of aromatic nitrogens is 3. The molecule has 0 unspecified atom stereocenters. The number of piperidine rings is 1. The van der Waals surface area contributed by atoms with E-state index in [1.165, 1.54) is 32.6 Å². The summed E-state index contributed by atoms with van der Waals surface area (Å²) in [5.41, 5.74) is 0.105. The normalized spacial score (nSPS) is 15.8. The van der Waals surface area contributed by atoms with Gasteiger partial charge in [-0.1, -0.05) is 12.1 Å². The molecule has 1 aliphatic rings. The quantitative estimate of drug-likeness (QED) is 0.521. The molecule has 0 saturated carbocycles. The molecule has 1 fully saturated rings. The van der Waals surface area contributed by atoms with Gasteiger partial charge in [0, 0.05) is 25.2 Å². The standard InChI is InChI=1S/C25H28FN7O4/c1-25(2,3)37-24(36)32(14-16-6-4-7-18(26)10-16)21-11-20(30-22-17(12-27)13-28-33(21)22)29-19-8-5-9-31(15-19)23(34)35/h4,6-7,10-11,13,19H,5,8-9,14-15H2,1-3H3,(H,29,30)(H,34,35)/t19-/m0/s1. The number of hydrogen-bond donors (Lipinski definition) is 2. The minimum atomic E-state index is -0.996. The lowest BCUT2D eigenvalue weighted by Gasteiger charge is -2.32. The van der Waals surface area contributed by atoms with Crippen LogP contribution >= 0.6 is 0 Å². The monoisotopic (exact) mass is 509 g/mol. The zero-order valence-electron chi connectivity index (χ0n) is 20.8. The van der Waals surface area contributed by atoms with Crippen LogP contribution in [-0.4, -0.2) is 61.5 Å². The van der Waals surface area contributed by atoms with Crippen molar-refractivity contribution in [2.45, 2.75) is 51.8 Å². The third-order valence-electron chi connectivity index (χ3n) is 5.74. The highest BCUT2D eigenvalue weighted by atomic mass is 19.1. The number of carboxylic acid groups (broad SMARTS) is 1. The Kier molecular flexibility index (Phi) is 7.15. The first kappa shape index (κ1) is 25.7. The topological polar surface area (TPSA) is 136 Å². The molecule has 1 aliphatic heterocycles. The van der Waals surface area contributed by atoms with Gasteiger partial charge in [0.15, 0.2) is 5.65 Å². The minimum Gasteiger partial charge on any atom is -0.465 e. The van der Waals surface area contributed by atoms with Gasteiger partial charge in [-0.2, -0.15) is 14.9 Å². The van der Waals surface area contributed by atoms with Crippen LogP contribution < -0.4 is 10.2 Å². The first-order valence-electron chi connectivity index (χ1n) is 11.8. The maximum absolute atomic E-state index is 14.0. The Morgan fingerprint density at radius 3 is 2.81 bits per heavy atom. The number of benzene rings is 1. The van der Waals surface area contributed by atoms with Gasteiger partial charge in [-0.25, -0.2) is 19.0 Å². The van der Waals surface area contributed by atoms with Crippen molar-refractivity contribution in [1.82, 2.24) is 19.5 Å². The lowest BCUT2D eigenvalue weighted by molar-refractivity contribution is 0.0575. The van der Waals surface area contributed by atoms with Gasteiger partial charge >= 0.3 is 12.2 Å². The Balaban J connectivity index is 1.78. The predicted octanol–water partition coefficient (Wildman–Crippen LogP) is 4.24. The summed E-state index contributed by atoms with van der Waals surface area (Å²) >= 11 is 0. The van der Waals surface area contributed by atoms with Gasteiger partial charge in [-0.05, 0) is 51.3 Å².